The van der Waals surface area contributed by atoms with Crippen LogP contribution in [0.1, 0.15) is 31.0 Å². The predicted molar refractivity (Wildman–Crippen MR) is 59.9 cm³/mol. The summed E-state index contributed by atoms with van der Waals surface area (Å²) >= 11 is 0. The molecule has 0 amide bonds. The highest BCUT2D eigenvalue weighted by Gasteiger charge is 2.29. The molecule has 0 unspecified atom stereocenters. The zero-order valence-corrected chi connectivity index (χ0v) is 10.5. The number of hydrogen-bond donors (Lipinski definition) is 1. The second kappa shape index (κ2) is 4.71. The molecule has 1 fully saturated rings. The van der Waals surface area contributed by atoms with E-state index in [1.54, 1.807) is 11.7 Å². The Hall–Kier alpha value is -0.990. The molecule has 1 aliphatic carbocycles. The van der Waals surface area contributed by atoms with Gasteiger partial charge in [0.1, 0.15) is 5.82 Å². The van der Waals surface area contributed by atoms with Crippen LogP contribution in [0.3, 0.4) is 0 Å². The Bertz CT molecular complexity index is 492. The SMILES string of the molecule is COCCn1c(C2CCC2)nnc1S(N)(=O)=O. The van der Waals surface area contributed by atoms with E-state index in [4.69, 9.17) is 9.88 Å². The Morgan fingerprint density at radius 2 is 2.18 bits per heavy atom. The molecule has 0 radical (unpaired) electrons. The number of nitrogens with two attached hydrogens (primary N) is 1. The quantitative estimate of drug-likeness (QED) is 0.792. The van der Waals surface area contributed by atoms with Gasteiger partial charge in [0.15, 0.2) is 0 Å². The van der Waals surface area contributed by atoms with Gasteiger partial charge in [-0.2, -0.15) is 0 Å². The maximum Gasteiger partial charge on any atom is 0.273 e. The average molecular weight is 260 g/mol. The van der Waals surface area contributed by atoms with Crippen LogP contribution in [0.5, 0.6) is 0 Å². The Balaban J connectivity index is 2.35. The van der Waals surface area contributed by atoms with Crippen LogP contribution in [0.15, 0.2) is 5.16 Å². The molecule has 1 aromatic heterocycles. The summed E-state index contributed by atoms with van der Waals surface area (Å²) < 4.78 is 29.3. The van der Waals surface area contributed by atoms with E-state index in [2.05, 4.69) is 10.2 Å². The lowest BCUT2D eigenvalue weighted by Gasteiger charge is -2.24. The van der Waals surface area contributed by atoms with Gasteiger partial charge >= 0.3 is 0 Å². The third kappa shape index (κ3) is 2.48. The third-order valence-electron chi connectivity index (χ3n) is 2.99. The lowest BCUT2D eigenvalue weighted by Crippen LogP contribution is -2.23. The lowest BCUT2D eigenvalue weighted by atomic mass is 9.85. The number of primary sulfonamides is 1. The van der Waals surface area contributed by atoms with Gasteiger partial charge in [0.2, 0.25) is 0 Å². The van der Waals surface area contributed by atoms with E-state index in [1.165, 1.54) is 0 Å². The maximum atomic E-state index is 11.4. The molecule has 0 saturated heterocycles. The Kier molecular flexibility index (Phi) is 3.45. The van der Waals surface area contributed by atoms with Gasteiger partial charge < -0.3 is 4.74 Å². The van der Waals surface area contributed by atoms with E-state index in [9.17, 15) is 8.42 Å². The molecule has 17 heavy (non-hydrogen) atoms. The Morgan fingerprint density at radius 3 is 2.65 bits per heavy atom. The van der Waals surface area contributed by atoms with E-state index < -0.39 is 10.0 Å². The van der Waals surface area contributed by atoms with E-state index >= 15 is 0 Å². The van der Waals surface area contributed by atoms with Gasteiger partial charge in [-0.3, -0.25) is 4.57 Å². The number of nitrogens with zero attached hydrogens (tertiary/aromatic N) is 3. The normalized spacial score (nSPS) is 17.1. The topological polar surface area (TPSA) is 100 Å². The lowest BCUT2D eigenvalue weighted by molar-refractivity contribution is 0.182. The number of aromatic nitrogens is 3. The second-order valence-corrected chi connectivity index (χ2v) is 5.61. The molecular formula is C9H16N4O3S. The minimum atomic E-state index is -3.83. The van der Waals surface area contributed by atoms with E-state index in [0.717, 1.165) is 19.3 Å². The van der Waals surface area contributed by atoms with Crippen molar-refractivity contribution in [3.8, 4) is 0 Å². The van der Waals surface area contributed by atoms with Crippen LogP contribution < -0.4 is 5.14 Å². The zero-order valence-electron chi connectivity index (χ0n) is 9.66. The summed E-state index contributed by atoms with van der Waals surface area (Å²) in [4.78, 5) is 0. The molecule has 0 aliphatic heterocycles. The molecule has 0 aromatic carbocycles. The number of rotatable bonds is 5. The molecule has 1 aliphatic rings. The highest BCUT2D eigenvalue weighted by molar-refractivity contribution is 7.89. The highest BCUT2D eigenvalue weighted by Crippen LogP contribution is 2.35. The Morgan fingerprint density at radius 1 is 1.47 bits per heavy atom. The van der Waals surface area contributed by atoms with Crippen LogP contribution >= 0.6 is 0 Å². The van der Waals surface area contributed by atoms with Crippen LogP contribution in [0.2, 0.25) is 0 Å². The summed E-state index contributed by atoms with van der Waals surface area (Å²) in [7, 11) is -2.27. The molecule has 1 saturated carbocycles. The molecule has 96 valence electrons. The van der Waals surface area contributed by atoms with Crippen LogP contribution in [-0.4, -0.2) is 36.9 Å². The molecule has 0 atom stereocenters. The van der Waals surface area contributed by atoms with Crippen LogP contribution in [-0.2, 0) is 21.3 Å². The number of ether oxygens (including phenoxy) is 1. The van der Waals surface area contributed by atoms with E-state index in [1.807, 2.05) is 0 Å². The van der Waals surface area contributed by atoms with Crippen molar-refractivity contribution in [3.05, 3.63) is 5.82 Å². The van der Waals surface area contributed by atoms with Crippen molar-refractivity contribution in [3.63, 3.8) is 0 Å². The van der Waals surface area contributed by atoms with Crippen molar-refractivity contribution in [2.24, 2.45) is 5.14 Å². The summed E-state index contributed by atoms with van der Waals surface area (Å²) in [6.07, 6.45) is 3.19. The first-order chi connectivity index (χ1) is 8.04. The highest BCUT2D eigenvalue weighted by atomic mass is 32.2. The molecule has 2 rings (SSSR count). The summed E-state index contributed by atoms with van der Waals surface area (Å²) in [5.74, 6) is 1.01. The molecular weight excluding hydrogens is 244 g/mol. The van der Waals surface area contributed by atoms with Crippen LogP contribution in [0.4, 0.5) is 0 Å². The van der Waals surface area contributed by atoms with Crippen molar-refractivity contribution in [1.82, 2.24) is 14.8 Å². The molecule has 2 N–H and O–H groups in total. The van der Waals surface area contributed by atoms with Crippen molar-refractivity contribution in [1.29, 1.82) is 0 Å². The maximum absolute atomic E-state index is 11.4. The first-order valence-corrected chi connectivity index (χ1v) is 7.03. The summed E-state index contributed by atoms with van der Waals surface area (Å²) in [5.41, 5.74) is 0. The van der Waals surface area contributed by atoms with Gasteiger partial charge in [0.05, 0.1) is 6.61 Å². The zero-order chi connectivity index (χ0) is 12.5. The summed E-state index contributed by atoms with van der Waals surface area (Å²) in [6.45, 7) is 0.807. The minimum Gasteiger partial charge on any atom is -0.383 e. The first kappa shape index (κ1) is 12.5. The van der Waals surface area contributed by atoms with E-state index in [0.29, 0.717) is 24.9 Å². The fraction of sp³-hybridized carbons (Fsp3) is 0.778. The average Bonchev–Trinajstić information content (AvgIpc) is 2.55. The van der Waals surface area contributed by atoms with Gasteiger partial charge in [-0.15, -0.1) is 10.2 Å². The molecule has 7 nitrogen and oxygen atoms in total. The van der Waals surface area contributed by atoms with Crippen molar-refractivity contribution in [2.75, 3.05) is 13.7 Å². The van der Waals surface area contributed by atoms with Gasteiger partial charge in [0.25, 0.3) is 15.2 Å². The predicted octanol–water partition coefficient (Wildman–Crippen LogP) is -0.161. The minimum absolute atomic E-state index is 0.170. The van der Waals surface area contributed by atoms with Crippen LogP contribution in [0, 0.1) is 0 Å². The molecule has 1 aromatic rings. The fourth-order valence-corrected chi connectivity index (χ4v) is 2.52. The monoisotopic (exact) mass is 260 g/mol. The number of methoxy groups -OCH3 is 1. The number of hydrogen-bond acceptors (Lipinski definition) is 5. The third-order valence-corrected chi connectivity index (χ3v) is 3.80. The fourth-order valence-electron chi connectivity index (χ4n) is 1.87. The smallest absolute Gasteiger partial charge is 0.273 e. The summed E-state index contributed by atoms with van der Waals surface area (Å²) in [5, 5.41) is 12.6. The molecule has 8 heteroatoms. The number of sulfonamides is 1. The molecule has 0 spiro atoms. The van der Waals surface area contributed by atoms with Crippen molar-refractivity contribution >= 4 is 10.0 Å². The van der Waals surface area contributed by atoms with Gasteiger partial charge in [-0.05, 0) is 12.8 Å². The Labute approximate surface area is 100 Å². The van der Waals surface area contributed by atoms with Crippen molar-refractivity contribution < 1.29 is 13.2 Å². The van der Waals surface area contributed by atoms with Gasteiger partial charge in [0, 0.05) is 19.6 Å². The first-order valence-electron chi connectivity index (χ1n) is 5.49. The largest absolute Gasteiger partial charge is 0.383 e. The van der Waals surface area contributed by atoms with Gasteiger partial charge in [-0.1, -0.05) is 6.42 Å². The summed E-state index contributed by atoms with van der Waals surface area (Å²) in [6, 6.07) is 0. The van der Waals surface area contributed by atoms with E-state index in [-0.39, 0.29) is 5.16 Å². The molecule has 0 bridgehead atoms. The van der Waals surface area contributed by atoms with Crippen LogP contribution in [0.25, 0.3) is 0 Å². The van der Waals surface area contributed by atoms with Gasteiger partial charge in [-0.25, -0.2) is 13.6 Å². The second-order valence-electron chi connectivity index (χ2n) is 4.16. The van der Waals surface area contributed by atoms with Crippen molar-refractivity contribution in [2.45, 2.75) is 36.9 Å². The standard InChI is InChI=1S/C9H16N4O3S/c1-16-6-5-13-8(7-3-2-4-7)11-12-9(13)17(10,14)15/h7H,2-6H2,1H3,(H2,10,14,15). The molecule has 1 heterocycles.